The molecule has 2 N–H and O–H groups in total. The first-order chi connectivity index (χ1) is 16.1. The summed E-state index contributed by atoms with van der Waals surface area (Å²) in [4.78, 5) is 26.5. The Morgan fingerprint density at radius 2 is 1.79 bits per heavy atom. The van der Waals surface area contributed by atoms with Gasteiger partial charge >= 0.3 is 0 Å². The number of carbonyl (C=O) groups is 2. The van der Waals surface area contributed by atoms with Gasteiger partial charge in [-0.05, 0) is 24.6 Å². The largest absolute Gasteiger partial charge is 0.351 e. The van der Waals surface area contributed by atoms with E-state index in [4.69, 9.17) is 0 Å². The fraction of sp³-hybridized carbons (Fsp3) is 0.286. The number of carbonyl (C=O) groups excluding carboxylic acids is 2. The third-order valence-electron chi connectivity index (χ3n) is 4.71. The van der Waals surface area contributed by atoms with Crippen molar-refractivity contribution in [2.75, 3.05) is 11.9 Å². The molecule has 2 amide bonds. The van der Waals surface area contributed by atoms with Crippen LogP contribution in [0.2, 0.25) is 0 Å². The van der Waals surface area contributed by atoms with Crippen LogP contribution in [0.4, 0.5) is 5.69 Å². The highest BCUT2D eigenvalue weighted by molar-refractivity contribution is 6.07. The first kappa shape index (κ1) is 21.9. The Hall–Kier alpha value is -4.35. The molecule has 12 nitrogen and oxygen atoms in total. The van der Waals surface area contributed by atoms with Crippen molar-refractivity contribution in [1.82, 2.24) is 45.1 Å². The van der Waals surface area contributed by atoms with Gasteiger partial charge in [0.25, 0.3) is 11.8 Å². The van der Waals surface area contributed by atoms with Gasteiger partial charge in [0.15, 0.2) is 18.1 Å². The highest BCUT2D eigenvalue weighted by atomic mass is 16.2. The smallest absolute Gasteiger partial charge is 0.276 e. The van der Waals surface area contributed by atoms with Crippen LogP contribution in [0.25, 0.3) is 11.4 Å². The zero-order chi connectivity index (χ0) is 23.2. The zero-order valence-electron chi connectivity index (χ0n) is 18.3. The molecule has 4 rings (SSSR count). The number of aromatic nitrogens is 8. The molecule has 3 aromatic heterocycles. The second kappa shape index (κ2) is 9.85. The number of anilines is 1. The van der Waals surface area contributed by atoms with Gasteiger partial charge in [-0.2, -0.15) is 10.2 Å². The molecule has 0 aliphatic carbocycles. The predicted octanol–water partition coefficient (Wildman–Crippen LogP) is 1.65. The van der Waals surface area contributed by atoms with E-state index in [1.807, 2.05) is 44.2 Å². The van der Waals surface area contributed by atoms with E-state index >= 15 is 0 Å². The van der Waals surface area contributed by atoms with Gasteiger partial charge in [0.1, 0.15) is 0 Å². The van der Waals surface area contributed by atoms with Crippen LogP contribution in [0.5, 0.6) is 0 Å². The van der Waals surface area contributed by atoms with Crippen molar-refractivity contribution in [3.05, 3.63) is 60.2 Å². The van der Waals surface area contributed by atoms with E-state index in [0.29, 0.717) is 24.6 Å². The van der Waals surface area contributed by atoms with Crippen molar-refractivity contribution < 1.29 is 9.59 Å². The maximum Gasteiger partial charge on any atom is 0.276 e. The van der Waals surface area contributed by atoms with E-state index < -0.39 is 5.91 Å². The summed E-state index contributed by atoms with van der Waals surface area (Å²) < 4.78 is 3.12. The minimum absolute atomic E-state index is 0.165. The molecule has 0 aliphatic heterocycles. The summed E-state index contributed by atoms with van der Waals surface area (Å²) in [6, 6.07) is 11.1. The summed E-state index contributed by atoms with van der Waals surface area (Å²) >= 11 is 0. The maximum atomic E-state index is 12.7. The van der Waals surface area contributed by atoms with E-state index in [0.717, 1.165) is 12.0 Å². The molecule has 0 aliphatic rings. The molecule has 3 heterocycles. The average Bonchev–Trinajstić information content (AvgIpc) is 3.58. The highest BCUT2D eigenvalue weighted by Gasteiger charge is 2.20. The van der Waals surface area contributed by atoms with E-state index in [1.54, 1.807) is 23.1 Å². The van der Waals surface area contributed by atoms with Crippen LogP contribution < -0.4 is 10.6 Å². The molecule has 12 heteroatoms. The summed E-state index contributed by atoms with van der Waals surface area (Å²) in [5.74, 6) is -0.288. The van der Waals surface area contributed by atoms with Crippen LogP contribution >= 0.6 is 0 Å². The second-order valence-electron chi connectivity index (χ2n) is 7.19. The third kappa shape index (κ3) is 5.11. The SMILES string of the molecule is CCCNC(=O)c1nn(CC)cc1NC(=O)c1ccn(Cn2nnc(-c3ccccc3)n2)n1. The first-order valence-corrected chi connectivity index (χ1v) is 10.6. The summed E-state index contributed by atoms with van der Waals surface area (Å²) in [7, 11) is 0. The fourth-order valence-corrected chi connectivity index (χ4v) is 3.05. The Labute approximate surface area is 189 Å². The normalized spacial score (nSPS) is 10.8. The summed E-state index contributed by atoms with van der Waals surface area (Å²) in [5.41, 5.74) is 1.53. The van der Waals surface area contributed by atoms with Crippen LogP contribution in [0, 0.1) is 0 Å². The molecular weight excluding hydrogens is 424 g/mol. The van der Waals surface area contributed by atoms with Gasteiger partial charge in [-0.25, -0.2) is 4.68 Å². The van der Waals surface area contributed by atoms with Crippen molar-refractivity contribution in [2.24, 2.45) is 0 Å². The Morgan fingerprint density at radius 1 is 0.970 bits per heavy atom. The van der Waals surface area contributed by atoms with E-state index in [9.17, 15) is 9.59 Å². The van der Waals surface area contributed by atoms with Crippen molar-refractivity contribution >= 4 is 17.5 Å². The molecule has 1 aromatic carbocycles. The van der Waals surface area contributed by atoms with Gasteiger partial charge < -0.3 is 10.6 Å². The molecule has 0 saturated heterocycles. The minimum Gasteiger partial charge on any atom is -0.351 e. The Balaban J connectivity index is 1.44. The zero-order valence-corrected chi connectivity index (χ0v) is 18.3. The molecular formula is C21H24N10O2. The van der Waals surface area contributed by atoms with Gasteiger partial charge in [0, 0.05) is 31.0 Å². The van der Waals surface area contributed by atoms with Gasteiger partial charge in [-0.3, -0.25) is 14.3 Å². The second-order valence-corrected chi connectivity index (χ2v) is 7.19. The molecule has 0 bridgehead atoms. The molecule has 0 saturated carbocycles. The minimum atomic E-state index is -0.453. The number of benzene rings is 1. The standard InChI is InChI=1S/C21H24N10O2/c1-3-11-22-21(33)18-17(13-29(4-2)26-18)23-20(32)16-10-12-30(25-16)14-31-27-19(24-28-31)15-8-6-5-7-9-15/h5-10,12-13H,3-4,11,14H2,1-2H3,(H,22,33)(H,23,32). The van der Waals surface area contributed by atoms with E-state index in [2.05, 4.69) is 36.2 Å². The molecule has 4 aromatic rings. The van der Waals surface area contributed by atoms with Crippen LogP contribution in [0.15, 0.2) is 48.8 Å². The lowest BCUT2D eigenvalue weighted by Gasteiger charge is -2.04. The number of rotatable bonds is 9. The highest BCUT2D eigenvalue weighted by Crippen LogP contribution is 2.15. The molecule has 170 valence electrons. The molecule has 0 atom stereocenters. The Bertz CT molecular complexity index is 1240. The third-order valence-corrected chi connectivity index (χ3v) is 4.71. The molecule has 0 radical (unpaired) electrons. The number of amides is 2. The van der Waals surface area contributed by atoms with Crippen LogP contribution in [-0.2, 0) is 13.2 Å². The number of nitrogens with zero attached hydrogens (tertiary/aromatic N) is 8. The lowest BCUT2D eigenvalue weighted by molar-refractivity contribution is 0.0948. The average molecular weight is 448 g/mol. The van der Waals surface area contributed by atoms with Gasteiger partial charge in [-0.1, -0.05) is 37.3 Å². The molecule has 0 fully saturated rings. The van der Waals surface area contributed by atoms with Crippen LogP contribution in [-0.4, -0.2) is 58.1 Å². The van der Waals surface area contributed by atoms with Crippen molar-refractivity contribution in [3.8, 4) is 11.4 Å². The number of hydrogen-bond donors (Lipinski definition) is 2. The predicted molar refractivity (Wildman–Crippen MR) is 119 cm³/mol. The lowest BCUT2D eigenvalue weighted by atomic mass is 10.2. The lowest BCUT2D eigenvalue weighted by Crippen LogP contribution is -2.26. The number of nitrogens with one attached hydrogen (secondary N) is 2. The maximum absolute atomic E-state index is 12.7. The summed E-state index contributed by atoms with van der Waals surface area (Å²) in [6.07, 6.45) is 4.07. The Kier molecular flexibility index (Phi) is 6.53. The molecule has 0 spiro atoms. The number of hydrogen-bond acceptors (Lipinski definition) is 7. The van der Waals surface area contributed by atoms with Gasteiger partial charge in [0.05, 0.1) is 5.69 Å². The van der Waals surface area contributed by atoms with Crippen molar-refractivity contribution in [3.63, 3.8) is 0 Å². The monoisotopic (exact) mass is 448 g/mol. The molecule has 0 unspecified atom stereocenters. The van der Waals surface area contributed by atoms with Crippen LogP contribution in [0.3, 0.4) is 0 Å². The first-order valence-electron chi connectivity index (χ1n) is 10.6. The topological polar surface area (TPSA) is 137 Å². The van der Waals surface area contributed by atoms with E-state index in [1.165, 1.54) is 9.48 Å². The summed E-state index contributed by atoms with van der Waals surface area (Å²) in [5, 5.41) is 26.5. The van der Waals surface area contributed by atoms with Gasteiger partial charge in [-0.15, -0.1) is 15.0 Å². The van der Waals surface area contributed by atoms with E-state index in [-0.39, 0.29) is 24.0 Å². The van der Waals surface area contributed by atoms with Crippen molar-refractivity contribution in [2.45, 2.75) is 33.5 Å². The fourth-order valence-electron chi connectivity index (χ4n) is 3.05. The quantitative estimate of drug-likeness (QED) is 0.397. The van der Waals surface area contributed by atoms with Gasteiger partial charge in [0.2, 0.25) is 5.82 Å². The molecule has 33 heavy (non-hydrogen) atoms. The van der Waals surface area contributed by atoms with Crippen molar-refractivity contribution in [1.29, 1.82) is 0 Å². The summed E-state index contributed by atoms with van der Waals surface area (Å²) in [6.45, 7) is 5.13. The Morgan fingerprint density at radius 3 is 2.55 bits per heavy atom. The number of tetrazole rings is 1. The van der Waals surface area contributed by atoms with Crippen LogP contribution in [0.1, 0.15) is 41.2 Å². The number of aryl methyl sites for hydroxylation is 1.